The number of aryl methyl sites for hydroxylation is 2. The van der Waals surface area contributed by atoms with E-state index in [1.165, 1.54) is 6.39 Å². The molecule has 0 aliphatic rings. The zero-order chi connectivity index (χ0) is 13.1. The third kappa shape index (κ3) is 2.98. The van der Waals surface area contributed by atoms with Crippen molar-refractivity contribution in [3.05, 3.63) is 46.1 Å². The number of hydrogen-bond acceptors (Lipinski definition) is 3. The number of hydrogen-bond donors (Lipinski definition) is 1. The molecular weight excluding hydrogens is 296 g/mol. The third-order valence-electron chi connectivity index (χ3n) is 2.63. The van der Waals surface area contributed by atoms with Crippen molar-refractivity contribution in [3.8, 4) is 0 Å². The van der Waals surface area contributed by atoms with Crippen molar-refractivity contribution in [3.63, 3.8) is 0 Å². The predicted molar refractivity (Wildman–Crippen MR) is 72.5 cm³/mol. The zero-order valence-corrected chi connectivity index (χ0v) is 11.7. The molecule has 2 aromatic rings. The molecule has 1 N–H and O–H groups in total. The lowest BCUT2D eigenvalue weighted by Gasteiger charge is -2.08. The van der Waals surface area contributed by atoms with Gasteiger partial charge in [-0.3, -0.25) is 4.79 Å². The van der Waals surface area contributed by atoms with Crippen molar-refractivity contribution in [2.45, 2.75) is 20.3 Å². The van der Waals surface area contributed by atoms with E-state index in [1.807, 2.05) is 32.0 Å². The van der Waals surface area contributed by atoms with Gasteiger partial charge in [-0.05, 0) is 37.6 Å². The number of carbonyl (C=O) groups excluding carboxylic acids is 1. The van der Waals surface area contributed by atoms with Crippen LogP contribution in [-0.2, 0) is 11.2 Å². The first-order valence-corrected chi connectivity index (χ1v) is 6.30. The Labute approximate surface area is 114 Å². The van der Waals surface area contributed by atoms with Crippen LogP contribution in [0.3, 0.4) is 0 Å². The van der Waals surface area contributed by atoms with E-state index >= 15 is 0 Å². The second kappa shape index (κ2) is 5.35. The summed E-state index contributed by atoms with van der Waals surface area (Å²) >= 11 is 3.38. The van der Waals surface area contributed by atoms with Gasteiger partial charge in [-0.2, -0.15) is 0 Å². The molecule has 0 saturated heterocycles. The average molecular weight is 309 g/mol. The summed E-state index contributed by atoms with van der Waals surface area (Å²) in [4.78, 5) is 15.8. The van der Waals surface area contributed by atoms with Crippen LogP contribution in [0.2, 0.25) is 0 Å². The molecule has 0 aliphatic carbocycles. The normalized spacial score (nSPS) is 10.4. The largest absolute Gasteiger partial charge is 0.448 e. The summed E-state index contributed by atoms with van der Waals surface area (Å²) in [6.07, 6.45) is 1.55. The minimum Gasteiger partial charge on any atom is -0.448 e. The summed E-state index contributed by atoms with van der Waals surface area (Å²) in [5.41, 5.74) is 2.56. The van der Waals surface area contributed by atoms with Gasteiger partial charge in [0.05, 0.1) is 12.1 Å². The van der Waals surface area contributed by atoms with Crippen LogP contribution in [-0.4, -0.2) is 10.9 Å². The maximum Gasteiger partial charge on any atom is 0.232 e. The molecular formula is C13H13BrN2O2. The summed E-state index contributed by atoms with van der Waals surface area (Å²) in [5.74, 6) is 0.488. The van der Waals surface area contributed by atoms with Gasteiger partial charge in [0.25, 0.3) is 0 Å². The number of halogens is 1. The molecule has 0 bridgehead atoms. The first kappa shape index (κ1) is 12.8. The van der Waals surface area contributed by atoms with Crippen LogP contribution in [0, 0.1) is 13.8 Å². The van der Waals surface area contributed by atoms with E-state index in [0.29, 0.717) is 5.76 Å². The van der Waals surface area contributed by atoms with Crippen molar-refractivity contribution >= 4 is 27.5 Å². The quantitative estimate of drug-likeness (QED) is 0.947. The minimum atomic E-state index is -0.111. The monoisotopic (exact) mass is 308 g/mol. The van der Waals surface area contributed by atoms with Crippen molar-refractivity contribution in [1.82, 2.24) is 4.98 Å². The van der Waals surface area contributed by atoms with E-state index in [0.717, 1.165) is 21.4 Å². The van der Waals surface area contributed by atoms with Gasteiger partial charge in [0, 0.05) is 10.2 Å². The second-order valence-electron chi connectivity index (χ2n) is 4.05. The zero-order valence-electron chi connectivity index (χ0n) is 10.2. The Morgan fingerprint density at radius 1 is 1.44 bits per heavy atom. The molecule has 0 radical (unpaired) electrons. The van der Waals surface area contributed by atoms with Crippen molar-refractivity contribution < 1.29 is 9.21 Å². The van der Waals surface area contributed by atoms with E-state index < -0.39 is 0 Å². The van der Waals surface area contributed by atoms with Gasteiger partial charge >= 0.3 is 0 Å². The van der Waals surface area contributed by atoms with E-state index in [-0.39, 0.29) is 12.3 Å². The Morgan fingerprint density at radius 3 is 2.83 bits per heavy atom. The lowest BCUT2D eigenvalue weighted by Crippen LogP contribution is -2.15. The highest BCUT2D eigenvalue weighted by Gasteiger charge is 2.11. The number of anilines is 1. The summed E-state index contributed by atoms with van der Waals surface area (Å²) in [6.45, 7) is 3.76. The fraction of sp³-hybridized carbons (Fsp3) is 0.231. The van der Waals surface area contributed by atoms with Gasteiger partial charge in [-0.25, -0.2) is 4.98 Å². The maximum absolute atomic E-state index is 11.9. The number of nitrogens with one attached hydrogen (secondary N) is 1. The Hall–Kier alpha value is -1.62. The number of oxazole rings is 1. The van der Waals surface area contributed by atoms with E-state index in [4.69, 9.17) is 4.42 Å². The SMILES string of the molecule is Cc1cc(Br)ccc1NC(=O)Cc1ocnc1C. The van der Waals surface area contributed by atoms with E-state index in [1.54, 1.807) is 0 Å². The summed E-state index contributed by atoms with van der Waals surface area (Å²) < 4.78 is 6.13. The molecule has 0 spiro atoms. The standard InChI is InChI=1S/C13H13BrN2O2/c1-8-5-10(14)3-4-11(8)16-13(17)6-12-9(2)15-7-18-12/h3-5,7H,6H2,1-2H3,(H,16,17). The molecule has 0 atom stereocenters. The number of rotatable bonds is 3. The minimum absolute atomic E-state index is 0.111. The molecule has 0 aliphatic heterocycles. The molecule has 5 heteroatoms. The lowest BCUT2D eigenvalue weighted by atomic mass is 10.2. The highest BCUT2D eigenvalue weighted by molar-refractivity contribution is 9.10. The van der Waals surface area contributed by atoms with Crippen LogP contribution in [0.5, 0.6) is 0 Å². The highest BCUT2D eigenvalue weighted by atomic mass is 79.9. The van der Waals surface area contributed by atoms with Gasteiger partial charge in [-0.15, -0.1) is 0 Å². The summed E-state index contributed by atoms with van der Waals surface area (Å²) in [5, 5.41) is 2.86. The first-order valence-electron chi connectivity index (χ1n) is 5.51. The molecule has 0 unspecified atom stereocenters. The number of amides is 1. The second-order valence-corrected chi connectivity index (χ2v) is 4.96. The van der Waals surface area contributed by atoms with Gasteiger partial charge < -0.3 is 9.73 Å². The fourth-order valence-electron chi connectivity index (χ4n) is 1.60. The van der Waals surface area contributed by atoms with Gasteiger partial charge in [-0.1, -0.05) is 15.9 Å². The molecule has 4 nitrogen and oxygen atoms in total. The number of aromatic nitrogens is 1. The molecule has 1 heterocycles. The molecule has 94 valence electrons. The van der Waals surface area contributed by atoms with Crippen LogP contribution in [0.1, 0.15) is 17.0 Å². The van der Waals surface area contributed by atoms with Crippen LogP contribution in [0.25, 0.3) is 0 Å². The maximum atomic E-state index is 11.9. The van der Waals surface area contributed by atoms with Crippen LogP contribution in [0.4, 0.5) is 5.69 Å². The highest BCUT2D eigenvalue weighted by Crippen LogP contribution is 2.20. The van der Waals surface area contributed by atoms with Gasteiger partial charge in [0.1, 0.15) is 5.76 Å². The number of carbonyl (C=O) groups is 1. The number of nitrogens with zero attached hydrogens (tertiary/aromatic N) is 1. The Balaban J connectivity index is 2.05. The molecule has 1 amide bonds. The van der Waals surface area contributed by atoms with Crippen molar-refractivity contribution in [2.24, 2.45) is 0 Å². The van der Waals surface area contributed by atoms with Gasteiger partial charge in [0.2, 0.25) is 5.91 Å². The van der Waals surface area contributed by atoms with Crippen LogP contribution in [0.15, 0.2) is 33.5 Å². The summed E-state index contributed by atoms with van der Waals surface area (Å²) in [7, 11) is 0. The average Bonchev–Trinajstić information content (AvgIpc) is 2.69. The predicted octanol–water partition coefficient (Wildman–Crippen LogP) is 3.24. The van der Waals surface area contributed by atoms with Gasteiger partial charge in [0.15, 0.2) is 6.39 Å². The lowest BCUT2D eigenvalue weighted by molar-refractivity contribution is -0.115. The molecule has 1 aromatic carbocycles. The van der Waals surface area contributed by atoms with Crippen LogP contribution >= 0.6 is 15.9 Å². The molecule has 2 rings (SSSR count). The van der Waals surface area contributed by atoms with E-state index in [2.05, 4.69) is 26.2 Å². The van der Waals surface area contributed by atoms with Crippen molar-refractivity contribution in [1.29, 1.82) is 0 Å². The van der Waals surface area contributed by atoms with Crippen molar-refractivity contribution in [2.75, 3.05) is 5.32 Å². The summed E-state index contributed by atoms with van der Waals surface area (Å²) in [6, 6.07) is 5.71. The molecule has 18 heavy (non-hydrogen) atoms. The first-order chi connectivity index (χ1) is 8.56. The molecule has 0 saturated carbocycles. The van der Waals surface area contributed by atoms with Crippen LogP contribution < -0.4 is 5.32 Å². The smallest absolute Gasteiger partial charge is 0.232 e. The Bertz CT molecular complexity index is 578. The Kier molecular flexibility index (Phi) is 3.81. The third-order valence-corrected chi connectivity index (χ3v) is 3.12. The molecule has 1 aromatic heterocycles. The van der Waals surface area contributed by atoms with E-state index in [9.17, 15) is 4.79 Å². The Morgan fingerprint density at radius 2 is 2.22 bits per heavy atom. The number of benzene rings is 1. The topological polar surface area (TPSA) is 55.1 Å². The fourth-order valence-corrected chi connectivity index (χ4v) is 2.08. The molecule has 0 fully saturated rings.